The lowest BCUT2D eigenvalue weighted by Crippen LogP contribution is -2.49. The van der Waals surface area contributed by atoms with Crippen molar-refractivity contribution in [3.63, 3.8) is 0 Å². The first-order valence-electron chi connectivity index (χ1n) is 10.9. The first-order valence-corrected chi connectivity index (χ1v) is 11.7. The van der Waals surface area contributed by atoms with Crippen molar-refractivity contribution in [3.05, 3.63) is 100 Å². The number of aliphatic hydroxyl groups is 1. The number of carbonyl (C=O) groups excluding carboxylic acids is 1. The number of likely N-dealkylation sites (tertiary alicyclic amines) is 1. The molecule has 1 aliphatic heterocycles. The predicted octanol–water partition coefficient (Wildman–Crippen LogP) is 6.17. The van der Waals surface area contributed by atoms with Crippen LogP contribution in [-0.2, 0) is 11.3 Å². The highest BCUT2D eigenvalue weighted by atomic mass is 35.5. The molecule has 33 heavy (non-hydrogen) atoms. The topological polar surface area (TPSA) is 61.8 Å². The van der Waals surface area contributed by atoms with E-state index in [2.05, 4.69) is 5.32 Å². The second-order valence-corrected chi connectivity index (χ2v) is 9.06. The molecule has 0 saturated carbocycles. The molecule has 0 aromatic heterocycles. The molecule has 0 unspecified atom stereocenters. The van der Waals surface area contributed by atoms with Gasteiger partial charge in [-0.15, -0.1) is 0 Å². The summed E-state index contributed by atoms with van der Waals surface area (Å²) in [6, 6.07) is 24.3. The Morgan fingerprint density at radius 3 is 2.52 bits per heavy atom. The Balaban J connectivity index is 1.52. The van der Waals surface area contributed by atoms with Gasteiger partial charge in [0, 0.05) is 34.7 Å². The number of hydrogen-bond donors (Lipinski definition) is 2. The van der Waals surface area contributed by atoms with Crippen LogP contribution < -0.4 is 5.32 Å². The lowest BCUT2D eigenvalue weighted by Gasteiger charge is -2.40. The van der Waals surface area contributed by atoms with E-state index in [1.807, 2.05) is 78.9 Å². The van der Waals surface area contributed by atoms with Gasteiger partial charge in [0.1, 0.15) is 6.61 Å². The average molecular weight is 485 g/mol. The van der Waals surface area contributed by atoms with E-state index in [-0.39, 0.29) is 24.7 Å². The van der Waals surface area contributed by atoms with Crippen molar-refractivity contribution in [1.82, 2.24) is 4.90 Å². The van der Waals surface area contributed by atoms with Crippen molar-refractivity contribution >= 4 is 35.0 Å². The largest absolute Gasteiger partial charge is 0.445 e. The van der Waals surface area contributed by atoms with E-state index in [9.17, 15) is 9.90 Å². The van der Waals surface area contributed by atoms with Crippen LogP contribution in [0.4, 0.5) is 10.5 Å². The fourth-order valence-electron chi connectivity index (χ4n) is 4.14. The maximum absolute atomic E-state index is 12.8. The van der Waals surface area contributed by atoms with Gasteiger partial charge in [-0.2, -0.15) is 0 Å². The molecule has 1 saturated heterocycles. The zero-order valence-corrected chi connectivity index (χ0v) is 19.5. The molecule has 1 amide bonds. The molecule has 2 N–H and O–H groups in total. The van der Waals surface area contributed by atoms with Crippen LogP contribution in [0.3, 0.4) is 0 Å². The number of rotatable bonds is 6. The van der Waals surface area contributed by atoms with E-state index in [0.717, 1.165) is 16.8 Å². The third-order valence-electron chi connectivity index (χ3n) is 5.89. The normalized spacial score (nSPS) is 19.1. The Morgan fingerprint density at radius 1 is 1.03 bits per heavy atom. The number of ether oxygens (including phenoxy) is 1. The summed E-state index contributed by atoms with van der Waals surface area (Å²) in [5.74, 6) is -0.261. The summed E-state index contributed by atoms with van der Waals surface area (Å²) >= 11 is 12.3. The van der Waals surface area contributed by atoms with Crippen LogP contribution >= 0.6 is 23.2 Å². The average Bonchev–Trinajstić information content (AvgIpc) is 2.83. The van der Waals surface area contributed by atoms with Crippen molar-refractivity contribution in [2.75, 3.05) is 18.4 Å². The van der Waals surface area contributed by atoms with Crippen LogP contribution in [0.15, 0.2) is 78.9 Å². The fourth-order valence-corrected chi connectivity index (χ4v) is 4.46. The molecule has 0 radical (unpaired) electrons. The first-order chi connectivity index (χ1) is 16.0. The lowest BCUT2D eigenvalue weighted by molar-refractivity contribution is 0.0117. The Bertz CT molecular complexity index is 1060. The van der Waals surface area contributed by atoms with Gasteiger partial charge in [-0.1, -0.05) is 71.7 Å². The van der Waals surface area contributed by atoms with Crippen molar-refractivity contribution in [2.45, 2.75) is 25.2 Å². The number of nitrogens with one attached hydrogen (secondary N) is 1. The van der Waals surface area contributed by atoms with Crippen LogP contribution in [0.1, 0.15) is 23.6 Å². The summed E-state index contributed by atoms with van der Waals surface area (Å²) in [6.07, 6.45) is -0.504. The van der Waals surface area contributed by atoms with Gasteiger partial charge in [-0.25, -0.2) is 4.79 Å². The van der Waals surface area contributed by atoms with Crippen LogP contribution in [0, 0.1) is 5.92 Å². The van der Waals surface area contributed by atoms with E-state index >= 15 is 0 Å². The molecule has 0 spiro atoms. The number of halogens is 2. The van der Waals surface area contributed by atoms with Gasteiger partial charge in [0.25, 0.3) is 0 Å². The zero-order chi connectivity index (χ0) is 23.2. The van der Waals surface area contributed by atoms with Gasteiger partial charge in [0.15, 0.2) is 0 Å². The van der Waals surface area contributed by atoms with Gasteiger partial charge in [0.05, 0.1) is 12.1 Å². The Kier molecular flexibility index (Phi) is 7.76. The molecule has 172 valence electrons. The highest BCUT2D eigenvalue weighted by Gasteiger charge is 2.37. The maximum Gasteiger partial charge on any atom is 0.410 e. The van der Waals surface area contributed by atoms with Gasteiger partial charge < -0.3 is 20.1 Å². The van der Waals surface area contributed by atoms with Crippen LogP contribution in [0.2, 0.25) is 10.0 Å². The summed E-state index contributed by atoms with van der Waals surface area (Å²) in [4.78, 5) is 14.5. The smallest absolute Gasteiger partial charge is 0.410 e. The summed E-state index contributed by atoms with van der Waals surface area (Å²) in [6.45, 7) is 1.01. The molecule has 3 atom stereocenters. The fraction of sp³-hybridized carbons (Fsp3) is 0.269. The lowest BCUT2D eigenvalue weighted by atomic mass is 9.84. The minimum Gasteiger partial charge on any atom is -0.445 e. The number of benzene rings is 3. The van der Waals surface area contributed by atoms with Gasteiger partial charge in [-0.05, 0) is 47.9 Å². The van der Waals surface area contributed by atoms with Crippen molar-refractivity contribution < 1.29 is 14.6 Å². The van der Waals surface area contributed by atoms with E-state index in [0.29, 0.717) is 29.6 Å². The Labute approximate surface area is 203 Å². The molecular formula is C26H26Cl2N2O3. The third kappa shape index (κ3) is 6.20. The summed E-state index contributed by atoms with van der Waals surface area (Å²) in [7, 11) is 0. The Morgan fingerprint density at radius 2 is 1.79 bits per heavy atom. The summed E-state index contributed by atoms with van der Waals surface area (Å²) in [5, 5.41) is 15.7. The number of anilines is 1. The minimum atomic E-state index is -0.587. The molecule has 3 aromatic carbocycles. The second kappa shape index (κ2) is 10.9. The minimum absolute atomic E-state index is 0.213. The van der Waals surface area contributed by atoms with Gasteiger partial charge >= 0.3 is 6.09 Å². The van der Waals surface area contributed by atoms with Crippen LogP contribution in [0.5, 0.6) is 0 Å². The van der Waals surface area contributed by atoms with Crippen LogP contribution in [0.25, 0.3) is 0 Å². The first kappa shape index (κ1) is 23.4. The monoisotopic (exact) mass is 484 g/mol. The second-order valence-electron chi connectivity index (χ2n) is 8.19. The molecule has 4 rings (SSSR count). The molecule has 1 fully saturated rings. The molecule has 7 heteroatoms. The number of piperidine rings is 1. The summed E-state index contributed by atoms with van der Waals surface area (Å²) < 4.78 is 5.54. The van der Waals surface area contributed by atoms with E-state index in [1.165, 1.54) is 0 Å². The number of hydrogen-bond acceptors (Lipinski definition) is 4. The number of amides is 1. The molecule has 1 heterocycles. The molecule has 3 aromatic rings. The molecule has 1 aliphatic rings. The highest BCUT2D eigenvalue weighted by Crippen LogP contribution is 2.34. The predicted molar refractivity (Wildman–Crippen MR) is 132 cm³/mol. The van der Waals surface area contributed by atoms with E-state index in [1.54, 1.807) is 4.90 Å². The zero-order valence-electron chi connectivity index (χ0n) is 18.0. The number of aliphatic hydroxyl groups excluding tert-OH is 1. The van der Waals surface area contributed by atoms with Gasteiger partial charge in [-0.3, -0.25) is 0 Å². The van der Waals surface area contributed by atoms with Crippen molar-refractivity contribution in [1.29, 1.82) is 0 Å². The van der Waals surface area contributed by atoms with Gasteiger partial charge in [0.2, 0.25) is 0 Å². The van der Waals surface area contributed by atoms with Crippen molar-refractivity contribution in [2.24, 2.45) is 5.92 Å². The standard InChI is InChI=1S/C26H26Cl2N2O3/c27-20-11-9-19(10-12-20)25(29-22-8-4-7-21(28)15-22)23-16-30(14-13-24(23)31)26(32)33-17-18-5-2-1-3-6-18/h1-12,15,23-25,29,31H,13-14,16-17H2/t23-,24+,25-/m1/s1. The summed E-state index contributed by atoms with van der Waals surface area (Å²) in [5.41, 5.74) is 2.72. The molecular weight excluding hydrogens is 459 g/mol. The maximum atomic E-state index is 12.8. The molecule has 0 aliphatic carbocycles. The Hall–Kier alpha value is -2.73. The van der Waals surface area contributed by atoms with E-state index in [4.69, 9.17) is 27.9 Å². The molecule has 5 nitrogen and oxygen atoms in total. The molecule has 0 bridgehead atoms. The van der Waals surface area contributed by atoms with E-state index < -0.39 is 6.10 Å². The third-order valence-corrected chi connectivity index (χ3v) is 6.37. The van der Waals surface area contributed by atoms with Crippen molar-refractivity contribution in [3.8, 4) is 0 Å². The SMILES string of the molecule is O=C(OCc1ccccc1)N1CC[C@H](O)[C@H]([C@H](Nc2cccc(Cl)c2)c2ccc(Cl)cc2)C1. The number of carbonyl (C=O) groups is 1. The highest BCUT2D eigenvalue weighted by molar-refractivity contribution is 6.31. The number of nitrogens with zero attached hydrogens (tertiary/aromatic N) is 1. The quantitative estimate of drug-likeness (QED) is 0.439. The van der Waals surface area contributed by atoms with Crippen LogP contribution in [-0.4, -0.2) is 35.3 Å².